The van der Waals surface area contributed by atoms with Gasteiger partial charge < -0.3 is 4.74 Å². The number of likely N-dealkylation sites (tertiary alicyclic amines) is 1. The number of carbonyl (C=O) groups is 1. The van der Waals surface area contributed by atoms with Crippen molar-refractivity contribution in [3.8, 4) is 22.3 Å². The predicted octanol–water partition coefficient (Wildman–Crippen LogP) is 5.19. The Hall–Kier alpha value is -2.98. The monoisotopic (exact) mass is 400 g/mol. The maximum atomic E-state index is 12.1. The van der Waals surface area contributed by atoms with E-state index in [1.54, 1.807) is 0 Å². The third kappa shape index (κ3) is 4.95. The Bertz CT molecular complexity index is 970. The van der Waals surface area contributed by atoms with Crippen LogP contribution in [0.2, 0.25) is 0 Å². The Morgan fingerprint density at radius 2 is 1.70 bits per heavy atom. The molecule has 1 atom stereocenters. The molecule has 0 unspecified atom stereocenters. The molecule has 0 saturated carbocycles. The van der Waals surface area contributed by atoms with Gasteiger partial charge in [0, 0.05) is 31.0 Å². The molecule has 1 aliphatic heterocycles. The molecular weight excluding hydrogens is 372 g/mol. The minimum atomic E-state index is -0.0624. The normalized spacial score (nSPS) is 16.9. The van der Waals surface area contributed by atoms with E-state index >= 15 is 0 Å². The number of hydrogen-bond donors (Lipinski definition) is 0. The lowest BCUT2D eigenvalue weighted by Gasteiger charge is -2.31. The number of esters is 1. The summed E-state index contributed by atoms with van der Waals surface area (Å²) >= 11 is 0. The number of aromatic nitrogens is 1. The van der Waals surface area contributed by atoms with Gasteiger partial charge in [-0.15, -0.1) is 0 Å². The number of benzene rings is 2. The molecule has 0 N–H and O–H groups in total. The van der Waals surface area contributed by atoms with Gasteiger partial charge in [-0.25, -0.2) is 0 Å². The first kappa shape index (κ1) is 20.3. The van der Waals surface area contributed by atoms with Crippen LogP contribution in [-0.4, -0.2) is 35.5 Å². The van der Waals surface area contributed by atoms with Gasteiger partial charge in [-0.2, -0.15) is 0 Å². The summed E-state index contributed by atoms with van der Waals surface area (Å²) in [6.07, 6.45) is 5.79. The molecule has 0 aliphatic carbocycles. The fourth-order valence-electron chi connectivity index (χ4n) is 4.13. The number of piperidine rings is 1. The lowest BCUT2D eigenvalue weighted by atomic mass is 9.97. The minimum Gasteiger partial charge on any atom is -0.466 e. The van der Waals surface area contributed by atoms with E-state index in [1.165, 1.54) is 16.7 Å². The average molecular weight is 401 g/mol. The lowest BCUT2D eigenvalue weighted by Crippen LogP contribution is -2.38. The topological polar surface area (TPSA) is 42.4 Å². The summed E-state index contributed by atoms with van der Waals surface area (Å²) in [6.45, 7) is 4.88. The highest BCUT2D eigenvalue weighted by molar-refractivity contribution is 5.73. The van der Waals surface area contributed by atoms with E-state index in [2.05, 4.69) is 64.5 Å². The molecule has 1 saturated heterocycles. The van der Waals surface area contributed by atoms with E-state index in [0.717, 1.165) is 43.6 Å². The van der Waals surface area contributed by atoms with Crippen molar-refractivity contribution in [1.82, 2.24) is 9.88 Å². The van der Waals surface area contributed by atoms with Crippen molar-refractivity contribution >= 4 is 5.97 Å². The first-order valence-electron chi connectivity index (χ1n) is 10.7. The number of ether oxygens (including phenoxy) is 1. The van der Waals surface area contributed by atoms with Crippen molar-refractivity contribution in [2.45, 2.75) is 26.3 Å². The van der Waals surface area contributed by atoms with Crippen LogP contribution < -0.4 is 0 Å². The van der Waals surface area contributed by atoms with Crippen LogP contribution in [0, 0.1) is 5.92 Å². The summed E-state index contributed by atoms with van der Waals surface area (Å²) in [4.78, 5) is 18.9. The second-order valence-corrected chi connectivity index (χ2v) is 7.85. The molecule has 0 radical (unpaired) electrons. The number of hydrogen-bond acceptors (Lipinski definition) is 4. The quantitative estimate of drug-likeness (QED) is 0.534. The molecule has 0 bridgehead atoms. The van der Waals surface area contributed by atoms with Gasteiger partial charge in [0.1, 0.15) is 0 Å². The Morgan fingerprint density at radius 1 is 1.00 bits per heavy atom. The summed E-state index contributed by atoms with van der Waals surface area (Å²) in [5.74, 6) is -0.0760. The Balaban J connectivity index is 1.44. The Kier molecular flexibility index (Phi) is 6.55. The molecule has 30 heavy (non-hydrogen) atoms. The zero-order valence-corrected chi connectivity index (χ0v) is 17.5. The molecule has 1 aliphatic rings. The highest BCUT2D eigenvalue weighted by Crippen LogP contribution is 2.26. The van der Waals surface area contributed by atoms with E-state index in [-0.39, 0.29) is 11.9 Å². The number of carbonyl (C=O) groups excluding carboxylic acids is 1. The van der Waals surface area contributed by atoms with Crippen LogP contribution in [0.15, 0.2) is 73.1 Å². The highest BCUT2D eigenvalue weighted by atomic mass is 16.5. The average Bonchev–Trinajstić information content (AvgIpc) is 2.80. The fourth-order valence-corrected chi connectivity index (χ4v) is 4.13. The van der Waals surface area contributed by atoms with Gasteiger partial charge in [0.25, 0.3) is 0 Å². The number of rotatable bonds is 6. The van der Waals surface area contributed by atoms with E-state index in [0.29, 0.717) is 6.61 Å². The fraction of sp³-hybridized carbons (Fsp3) is 0.308. The zero-order valence-electron chi connectivity index (χ0n) is 17.5. The van der Waals surface area contributed by atoms with Crippen LogP contribution in [0.5, 0.6) is 0 Å². The summed E-state index contributed by atoms with van der Waals surface area (Å²) in [5, 5.41) is 0. The number of pyridine rings is 1. The smallest absolute Gasteiger partial charge is 0.310 e. The second kappa shape index (κ2) is 9.68. The van der Waals surface area contributed by atoms with Crippen molar-refractivity contribution in [2.75, 3.05) is 19.7 Å². The Morgan fingerprint density at radius 3 is 2.43 bits per heavy atom. The molecular formula is C26H28N2O2. The van der Waals surface area contributed by atoms with Crippen molar-refractivity contribution in [3.63, 3.8) is 0 Å². The van der Waals surface area contributed by atoms with Gasteiger partial charge in [0.2, 0.25) is 0 Å². The Labute approximate surface area is 178 Å². The van der Waals surface area contributed by atoms with Gasteiger partial charge in [-0.3, -0.25) is 14.7 Å². The van der Waals surface area contributed by atoms with Crippen LogP contribution in [-0.2, 0) is 16.1 Å². The minimum absolute atomic E-state index is 0.0135. The van der Waals surface area contributed by atoms with Gasteiger partial charge in [-0.05, 0) is 54.6 Å². The lowest BCUT2D eigenvalue weighted by molar-refractivity contribution is -0.150. The second-order valence-electron chi connectivity index (χ2n) is 7.85. The van der Waals surface area contributed by atoms with Gasteiger partial charge >= 0.3 is 5.97 Å². The number of nitrogens with zero attached hydrogens (tertiary/aromatic N) is 2. The van der Waals surface area contributed by atoms with Crippen LogP contribution >= 0.6 is 0 Å². The molecule has 0 spiro atoms. The maximum absolute atomic E-state index is 12.1. The molecule has 4 rings (SSSR count). The van der Waals surface area contributed by atoms with Crippen molar-refractivity contribution in [1.29, 1.82) is 0 Å². The SMILES string of the molecule is CCOC(=O)[C@@H]1CCCN(Cc2cncc(-c3ccc(-c4ccccc4)cc3)c2)C1. The molecule has 4 nitrogen and oxygen atoms in total. The molecule has 2 aromatic carbocycles. The van der Waals surface area contributed by atoms with Crippen molar-refractivity contribution < 1.29 is 9.53 Å². The highest BCUT2D eigenvalue weighted by Gasteiger charge is 2.26. The third-order valence-electron chi connectivity index (χ3n) is 5.65. The summed E-state index contributed by atoms with van der Waals surface area (Å²) in [7, 11) is 0. The molecule has 154 valence electrons. The standard InChI is InChI=1S/C26H28N2O2/c1-2-30-26(29)24-9-6-14-28(19-24)18-20-15-25(17-27-16-20)23-12-10-22(11-13-23)21-7-4-3-5-8-21/h3-5,7-8,10-13,15-17,24H,2,6,9,14,18-19H2,1H3/t24-/m1/s1. The molecule has 0 amide bonds. The molecule has 2 heterocycles. The summed E-state index contributed by atoms with van der Waals surface area (Å²) < 4.78 is 5.22. The molecule has 3 aromatic rings. The van der Waals surface area contributed by atoms with Crippen molar-refractivity contribution in [3.05, 3.63) is 78.6 Å². The van der Waals surface area contributed by atoms with Gasteiger partial charge in [0.15, 0.2) is 0 Å². The van der Waals surface area contributed by atoms with E-state index in [9.17, 15) is 4.79 Å². The molecule has 1 aromatic heterocycles. The first-order chi connectivity index (χ1) is 14.7. The van der Waals surface area contributed by atoms with Crippen LogP contribution in [0.1, 0.15) is 25.3 Å². The summed E-state index contributed by atoms with van der Waals surface area (Å²) in [5.41, 5.74) is 5.88. The largest absolute Gasteiger partial charge is 0.466 e. The van der Waals surface area contributed by atoms with Gasteiger partial charge in [0.05, 0.1) is 12.5 Å². The van der Waals surface area contributed by atoms with Crippen molar-refractivity contribution in [2.24, 2.45) is 5.92 Å². The zero-order chi connectivity index (χ0) is 20.8. The molecule has 1 fully saturated rings. The van der Waals surface area contributed by atoms with E-state index in [4.69, 9.17) is 4.74 Å². The van der Waals surface area contributed by atoms with Gasteiger partial charge in [-0.1, -0.05) is 54.6 Å². The summed E-state index contributed by atoms with van der Waals surface area (Å²) in [6, 6.07) is 21.2. The first-order valence-corrected chi connectivity index (χ1v) is 10.7. The van der Waals surface area contributed by atoms with Crippen LogP contribution in [0.3, 0.4) is 0 Å². The maximum Gasteiger partial charge on any atom is 0.310 e. The van der Waals surface area contributed by atoms with Crippen LogP contribution in [0.25, 0.3) is 22.3 Å². The molecule has 4 heteroatoms. The van der Waals surface area contributed by atoms with E-state index < -0.39 is 0 Å². The predicted molar refractivity (Wildman–Crippen MR) is 120 cm³/mol. The third-order valence-corrected chi connectivity index (χ3v) is 5.65. The van der Waals surface area contributed by atoms with Crippen LogP contribution in [0.4, 0.5) is 0 Å². The van der Waals surface area contributed by atoms with E-state index in [1.807, 2.05) is 25.4 Å².